The van der Waals surface area contributed by atoms with Gasteiger partial charge < -0.3 is 5.32 Å². The third-order valence-electron chi connectivity index (χ3n) is 3.98. The number of hydrogen-bond acceptors (Lipinski definition) is 1. The monoisotopic (exact) mass is 253 g/mol. The molecule has 100 valence electrons. The van der Waals surface area contributed by atoms with Gasteiger partial charge in [0.2, 0.25) is 0 Å². The van der Waals surface area contributed by atoms with Crippen LogP contribution in [0.3, 0.4) is 0 Å². The summed E-state index contributed by atoms with van der Waals surface area (Å²) in [5.41, 5.74) is 3.55. The summed E-state index contributed by atoms with van der Waals surface area (Å²) in [4.78, 5) is 0. The molecule has 1 nitrogen and oxygen atoms in total. The fourth-order valence-electron chi connectivity index (χ4n) is 2.74. The van der Waals surface area contributed by atoms with Crippen LogP contribution >= 0.6 is 0 Å². The molecule has 0 aromatic rings. The molecule has 3 heteroatoms. The summed E-state index contributed by atoms with van der Waals surface area (Å²) in [6.45, 7) is 7.55. The molecule has 0 radical (unpaired) electrons. The van der Waals surface area contributed by atoms with Gasteiger partial charge >= 0.3 is 0 Å². The van der Waals surface area contributed by atoms with E-state index in [-0.39, 0.29) is 11.5 Å². The van der Waals surface area contributed by atoms with Crippen LogP contribution in [0.5, 0.6) is 0 Å². The number of halogens is 2. The van der Waals surface area contributed by atoms with Gasteiger partial charge in [0.25, 0.3) is 0 Å². The second kappa shape index (κ2) is 4.99. The largest absolute Gasteiger partial charge is 0.310 e. The fourth-order valence-corrected chi connectivity index (χ4v) is 2.74. The Labute approximate surface area is 108 Å². The smallest absolute Gasteiger partial charge is 0.151 e. The van der Waals surface area contributed by atoms with Gasteiger partial charge in [0.15, 0.2) is 6.17 Å². The molecule has 1 N–H and O–H groups in total. The van der Waals surface area contributed by atoms with E-state index in [0.29, 0.717) is 11.5 Å². The molecular formula is C15H21F2N. The molecule has 0 aromatic carbocycles. The van der Waals surface area contributed by atoms with E-state index in [1.165, 1.54) is 6.08 Å². The molecule has 1 aliphatic carbocycles. The Morgan fingerprint density at radius 2 is 2.11 bits per heavy atom. The lowest BCUT2D eigenvalue weighted by Gasteiger charge is -2.39. The third-order valence-corrected chi connectivity index (χ3v) is 3.98. The molecule has 2 rings (SSSR count). The topological polar surface area (TPSA) is 12.0 Å². The molecule has 1 aliphatic heterocycles. The maximum atomic E-state index is 13.8. The molecule has 3 unspecified atom stereocenters. The predicted octanol–water partition coefficient (Wildman–Crippen LogP) is 3.69. The van der Waals surface area contributed by atoms with Crippen LogP contribution < -0.4 is 5.32 Å². The molecular weight excluding hydrogens is 232 g/mol. The second-order valence-corrected chi connectivity index (χ2v) is 6.29. The lowest BCUT2D eigenvalue weighted by atomic mass is 9.72. The second-order valence-electron chi connectivity index (χ2n) is 6.29. The highest BCUT2D eigenvalue weighted by atomic mass is 19.1. The Balaban J connectivity index is 2.13. The van der Waals surface area contributed by atoms with Gasteiger partial charge in [-0.15, -0.1) is 5.73 Å². The molecule has 18 heavy (non-hydrogen) atoms. The van der Waals surface area contributed by atoms with Crippen molar-refractivity contribution < 1.29 is 8.78 Å². The molecule has 1 saturated heterocycles. The van der Waals surface area contributed by atoms with Crippen LogP contribution in [-0.2, 0) is 0 Å². The molecule has 2 aliphatic rings. The maximum Gasteiger partial charge on any atom is 0.151 e. The number of allylic oxidation sites excluding steroid dienone is 2. The highest BCUT2D eigenvalue weighted by molar-refractivity contribution is 5.31. The van der Waals surface area contributed by atoms with Crippen molar-refractivity contribution in [3.8, 4) is 0 Å². The minimum absolute atomic E-state index is 0.0152. The third kappa shape index (κ3) is 2.90. The summed E-state index contributed by atoms with van der Waals surface area (Å²) in [5.74, 6) is 0.0235. The number of nitrogens with one attached hydrogen (secondary N) is 1. The minimum atomic E-state index is -1.34. The maximum absolute atomic E-state index is 13.8. The highest BCUT2D eigenvalue weighted by Gasteiger charge is 2.34. The molecule has 3 atom stereocenters. The van der Waals surface area contributed by atoms with Crippen molar-refractivity contribution in [2.24, 2.45) is 11.3 Å². The minimum Gasteiger partial charge on any atom is -0.310 e. The van der Waals surface area contributed by atoms with Crippen LogP contribution in [0.4, 0.5) is 8.78 Å². The molecule has 1 heterocycles. The van der Waals surface area contributed by atoms with E-state index in [1.807, 2.05) is 0 Å². The van der Waals surface area contributed by atoms with Crippen LogP contribution in [-0.4, -0.2) is 18.8 Å². The first-order chi connectivity index (χ1) is 8.38. The number of piperidine rings is 1. The average Bonchev–Trinajstić information content (AvgIpc) is 2.28. The zero-order chi connectivity index (χ0) is 13.3. The number of alkyl halides is 1. The molecule has 1 fully saturated rings. The van der Waals surface area contributed by atoms with Crippen LogP contribution in [0.1, 0.15) is 33.6 Å². The van der Waals surface area contributed by atoms with E-state index in [2.05, 4.69) is 31.8 Å². The van der Waals surface area contributed by atoms with Crippen LogP contribution in [0.2, 0.25) is 0 Å². The Hall–Kier alpha value is -0.920. The van der Waals surface area contributed by atoms with Gasteiger partial charge in [-0.3, -0.25) is 0 Å². The lowest BCUT2D eigenvalue weighted by Crippen LogP contribution is -2.44. The Morgan fingerprint density at radius 3 is 2.72 bits per heavy atom. The van der Waals surface area contributed by atoms with Gasteiger partial charge in [-0.05, 0) is 36.8 Å². The Kier molecular flexibility index (Phi) is 3.74. The lowest BCUT2D eigenvalue weighted by molar-refractivity contribution is 0.165. The Morgan fingerprint density at radius 1 is 1.39 bits per heavy atom. The Bertz CT molecular complexity index is 411. The van der Waals surface area contributed by atoms with Crippen LogP contribution in [0.15, 0.2) is 29.3 Å². The SMILES string of the molecule is CC(C)(C)C1CCNC(C2=C=CC(F)=CC2F)C1. The van der Waals surface area contributed by atoms with Gasteiger partial charge in [0.1, 0.15) is 5.83 Å². The summed E-state index contributed by atoms with van der Waals surface area (Å²) in [6.07, 6.45) is 2.92. The average molecular weight is 253 g/mol. The van der Waals surface area contributed by atoms with Crippen molar-refractivity contribution in [3.63, 3.8) is 0 Å². The van der Waals surface area contributed by atoms with Crippen molar-refractivity contribution in [3.05, 3.63) is 29.3 Å². The number of rotatable bonds is 1. The summed E-state index contributed by atoms with van der Waals surface area (Å²) >= 11 is 0. The number of hydrogen-bond donors (Lipinski definition) is 1. The fraction of sp³-hybridized carbons (Fsp3) is 0.667. The normalized spacial score (nSPS) is 33.1. The predicted molar refractivity (Wildman–Crippen MR) is 69.7 cm³/mol. The van der Waals surface area contributed by atoms with Crippen molar-refractivity contribution in [2.75, 3.05) is 6.54 Å². The van der Waals surface area contributed by atoms with Crippen molar-refractivity contribution in [1.29, 1.82) is 0 Å². The quantitative estimate of drug-likeness (QED) is 0.703. The molecule has 0 saturated carbocycles. The van der Waals surface area contributed by atoms with Gasteiger partial charge in [0, 0.05) is 17.7 Å². The summed E-state index contributed by atoms with van der Waals surface area (Å²) in [7, 11) is 0. The van der Waals surface area contributed by atoms with Gasteiger partial charge in [-0.25, -0.2) is 8.78 Å². The molecule has 0 aromatic heterocycles. The van der Waals surface area contributed by atoms with Crippen LogP contribution in [0.25, 0.3) is 0 Å². The summed E-state index contributed by atoms with van der Waals surface area (Å²) < 4.78 is 26.7. The van der Waals surface area contributed by atoms with E-state index in [0.717, 1.165) is 25.5 Å². The van der Waals surface area contributed by atoms with Crippen LogP contribution in [0, 0.1) is 11.3 Å². The zero-order valence-electron chi connectivity index (χ0n) is 11.3. The van der Waals surface area contributed by atoms with E-state index in [4.69, 9.17) is 0 Å². The zero-order valence-corrected chi connectivity index (χ0v) is 11.3. The first kappa shape index (κ1) is 13.5. The standard InChI is InChI=1S/C15H21F2N/c1-15(2,3)10-6-7-18-14(8-10)12-5-4-11(16)9-13(12)17/h4,9-10,13-14,18H,6-8H2,1-3H3. The van der Waals surface area contributed by atoms with Gasteiger partial charge in [-0.1, -0.05) is 20.8 Å². The first-order valence-electron chi connectivity index (χ1n) is 6.59. The summed E-state index contributed by atoms with van der Waals surface area (Å²) in [6, 6.07) is -0.0152. The van der Waals surface area contributed by atoms with E-state index in [9.17, 15) is 8.78 Å². The first-order valence-corrected chi connectivity index (χ1v) is 6.59. The van der Waals surface area contributed by atoms with Crippen molar-refractivity contribution in [2.45, 2.75) is 45.8 Å². The highest BCUT2D eigenvalue weighted by Crippen LogP contribution is 2.36. The molecule has 0 amide bonds. The van der Waals surface area contributed by atoms with Gasteiger partial charge in [-0.2, -0.15) is 0 Å². The van der Waals surface area contributed by atoms with Gasteiger partial charge in [0.05, 0.1) is 0 Å². The molecule has 0 spiro atoms. The van der Waals surface area contributed by atoms with E-state index in [1.54, 1.807) is 0 Å². The van der Waals surface area contributed by atoms with E-state index >= 15 is 0 Å². The van der Waals surface area contributed by atoms with E-state index < -0.39 is 12.0 Å². The van der Waals surface area contributed by atoms with Crippen molar-refractivity contribution >= 4 is 0 Å². The summed E-state index contributed by atoms with van der Waals surface area (Å²) in [5, 5.41) is 3.32. The van der Waals surface area contributed by atoms with Crippen molar-refractivity contribution in [1.82, 2.24) is 5.32 Å². The molecule has 0 bridgehead atoms.